The lowest BCUT2D eigenvalue weighted by molar-refractivity contribution is -0.0788. The number of hydrogen-bond acceptors (Lipinski definition) is 8. The van der Waals surface area contributed by atoms with Crippen LogP contribution >= 0.6 is 0 Å². The Balaban J connectivity index is 1.30. The molecule has 1 aliphatic heterocycles. The summed E-state index contributed by atoms with van der Waals surface area (Å²) < 4.78 is 13.5. The molecule has 0 saturated carbocycles. The minimum absolute atomic E-state index is 0.118. The van der Waals surface area contributed by atoms with Gasteiger partial charge in [-0.25, -0.2) is 15.0 Å². The van der Waals surface area contributed by atoms with Gasteiger partial charge < -0.3 is 25.4 Å². The molecule has 2 aromatic carbocycles. The number of anilines is 1. The number of fused-ring (bicyclic) bond motifs is 2. The summed E-state index contributed by atoms with van der Waals surface area (Å²) >= 11 is 0. The number of aliphatic hydroxyl groups is 2. The molecule has 9 heteroatoms. The number of hydrogen-bond donors (Lipinski definition) is 3. The van der Waals surface area contributed by atoms with Crippen molar-refractivity contribution >= 4 is 27.8 Å². The van der Waals surface area contributed by atoms with Crippen LogP contribution in [0.1, 0.15) is 24.8 Å². The molecule has 0 radical (unpaired) electrons. The molecule has 5 rings (SSSR count). The zero-order valence-corrected chi connectivity index (χ0v) is 16.9. The summed E-state index contributed by atoms with van der Waals surface area (Å²) in [7, 11) is 0. The molecule has 4 aromatic rings. The SMILES string of the molecule is CC(OC[C@H]1O[C@@H](n2cnc3c(N)ncnc32)[C@H](O)[C@@H]1O)c1ccc2ccccc2c1. The number of aliphatic hydroxyl groups excluding tert-OH is 2. The second-order valence-corrected chi connectivity index (χ2v) is 7.71. The third-order valence-corrected chi connectivity index (χ3v) is 5.75. The second-order valence-electron chi connectivity index (χ2n) is 7.71. The molecule has 1 unspecified atom stereocenters. The Morgan fingerprint density at radius 1 is 1.10 bits per heavy atom. The van der Waals surface area contributed by atoms with E-state index in [9.17, 15) is 10.2 Å². The van der Waals surface area contributed by atoms with Crippen molar-refractivity contribution in [1.82, 2.24) is 19.5 Å². The van der Waals surface area contributed by atoms with Crippen LogP contribution < -0.4 is 5.73 Å². The number of ether oxygens (including phenoxy) is 2. The number of imidazole rings is 1. The van der Waals surface area contributed by atoms with Crippen molar-refractivity contribution in [2.75, 3.05) is 12.3 Å². The van der Waals surface area contributed by atoms with Gasteiger partial charge in [0, 0.05) is 0 Å². The molecule has 5 atom stereocenters. The predicted octanol–water partition coefficient (Wildman–Crippen LogP) is 1.96. The maximum atomic E-state index is 10.6. The fourth-order valence-corrected chi connectivity index (χ4v) is 3.95. The Morgan fingerprint density at radius 3 is 2.74 bits per heavy atom. The van der Waals surface area contributed by atoms with Crippen molar-refractivity contribution in [3.63, 3.8) is 0 Å². The molecule has 0 spiro atoms. The van der Waals surface area contributed by atoms with Gasteiger partial charge in [-0.1, -0.05) is 36.4 Å². The van der Waals surface area contributed by atoms with E-state index < -0.39 is 24.5 Å². The summed E-state index contributed by atoms with van der Waals surface area (Å²) in [6, 6.07) is 14.3. The first kappa shape index (κ1) is 19.8. The maximum Gasteiger partial charge on any atom is 0.167 e. The standard InChI is InChI=1S/C22H23N5O4/c1-12(14-7-6-13-4-2-3-5-15(13)8-14)30-9-16-18(28)19(29)22(31-16)27-11-26-17-20(23)24-10-25-21(17)27/h2-8,10-12,16,18-19,22,28-29H,9H2,1H3,(H2,23,24,25)/t12?,16-,18-,19-,22-/m1/s1. The Labute approximate surface area is 178 Å². The lowest BCUT2D eigenvalue weighted by Gasteiger charge is -2.19. The molecule has 0 bridgehead atoms. The van der Waals surface area contributed by atoms with Gasteiger partial charge in [0.25, 0.3) is 0 Å². The molecule has 1 saturated heterocycles. The number of nitrogen functional groups attached to an aromatic ring is 1. The van der Waals surface area contributed by atoms with Crippen molar-refractivity contribution in [3.05, 3.63) is 60.7 Å². The Bertz CT molecular complexity index is 1230. The van der Waals surface area contributed by atoms with E-state index in [4.69, 9.17) is 15.2 Å². The highest BCUT2D eigenvalue weighted by Gasteiger charge is 2.44. The average Bonchev–Trinajstić information content (AvgIpc) is 3.34. The van der Waals surface area contributed by atoms with E-state index in [0.29, 0.717) is 11.2 Å². The molecule has 160 valence electrons. The first-order chi connectivity index (χ1) is 15.0. The van der Waals surface area contributed by atoms with Crippen LogP contribution in [-0.2, 0) is 9.47 Å². The highest BCUT2D eigenvalue weighted by Crippen LogP contribution is 2.33. The fraction of sp³-hybridized carbons (Fsp3) is 0.318. The topological polar surface area (TPSA) is 129 Å². The minimum atomic E-state index is -1.17. The Morgan fingerprint density at radius 2 is 1.90 bits per heavy atom. The predicted molar refractivity (Wildman–Crippen MR) is 114 cm³/mol. The largest absolute Gasteiger partial charge is 0.387 e. The van der Waals surface area contributed by atoms with Crippen molar-refractivity contribution in [1.29, 1.82) is 0 Å². The molecule has 31 heavy (non-hydrogen) atoms. The molecular weight excluding hydrogens is 398 g/mol. The minimum Gasteiger partial charge on any atom is -0.387 e. The van der Waals surface area contributed by atoms with Gasteiger partial charge in [-0.2, -0.15) is 0 Å². The van der Waals surface area contributed by atoms with Gasteiger partial charge in [0.1, 0.15) is 30.2 Å². The Hall–Kier alpha value is -3.11. The quantitative estimate of drug-likeness (QED) is 0.446. The van der Waals surface area contributed by atoms with Crippen LogP contribution in [0.4, 0.5) is 5.82 Å². The lowest BCUT2D eigenvalue weighted by atomic mass is 10.0. The number of benzene rings is 2. The van der Waals surface area contributed by atoms with Crippen LogP contribution in [0, 0.1) is 0 Å². The highest BCUT2D eigenvalue weighted by molar-refractivity contribution is 5.83. The van der Waals surface area contributed by atoms with Crippen molar-refractivity contribution in [2.24, 2.45) is 0 Å². The smallest absolute Gasteiger partial charge is 0.167 e. The third-order valence-electron chi connectivity index (χ3n) is 5.75. The Kier molecular flexibility index (Phi) is 5.03. The zero-order valence-electron chi connectivity index (χ0n) is 16.9. The monoisotopic (exact) mass is 421 g/mol. The van der Waals surface area contributed by atoms with E-state index in [0.717, 1.165) is 16.3 Å². The summed E-state index contributed by atoms with van der Waals surface area (Å²) in [5.41, 5.74) is 7.69. The molecule has 2 aromatic heterocycles. The van der Waals surface area contributed by atoms with E-state index in [2.05, 4.69) is 39.2 Å². The van der Waals surface area contributed by atoms with Crippen molar-refractivity contribution in [3.8, 4) is 0 Å². The summed E-state index contributed by atoms with van der Waals surface area (Å²) in [6.45, 7) is 2.06. The second kappa shape index (κ2) is 7.86. The summed E-state index contributed by atoms with van der Waals surface area (Å²) in [6.07, 6.45) is -1.28. The van der Waals surface area contributed by atoms with E-state index in [1.807, 2.05) is 25.1 Å². The van der Waals surface area contributed by atoms with Crippen LogP contribution in [0.2, 0.25) is 0 Å². The summed E-state index contributed by atoms with van der Waals surface area (Å²) in [4.78, 5) is 12.3. The third kappa shape index (κ3) is 3.51. The lowest BCUT2D eigenvalue weighted by Crippen LogP contribution is -2.34. The number of nitrogens with two attached hydrogens (primary N) is 1. The van der Waals surface area contributed by atoms with Crippen LogP contribution in [0.25, 0.3) is 21.9 Å². The van der Waals surface area contributed by atoms with Gasteiger partial charge in [0.15, 0.2) is 17.7 Å². The number of nitrogens with zero attached hydrogens (tertiary/aromatic N) is 4. The maximum absolute atomic E-state index is 10.6. The number of rotatable bonds is 5. The zero-order chi connectivity index (χ0) is 21.5. The van der Waals surface area contributed by atoms with Gasteiger partial charge in [-0.3, -0.25) is 4.57 Å². The fourth-order valence-electron chi connectivity index (χ4n) is 3.95. The summed E-state index contributed by atoms with van der Waals surface area (Å²) in [5, 5.41) is 23.4. The van der Waals surface area contributed by atoms with E-state index in [-0.39, 0.29) is 18.5 Å². The van der Waals surface area contributed by atoms with Gasteiger partial charge in [0.05, 0.1) is 19.0 Å². The van der Waals surface area contributed by atoms with Crippen molar-refractivity contribution < 1.29 is 19.7 Å². The molecule has 1 fully saturated rings. The molecule has 0 amide bonds. The molecule has 3 heterocycles. The van der Waals surface area contributed by atoms with E-state index in [1.54, 1.807) is 4.57 Å². The van der Waals surface area contributed by atoms with Crippen LogP contribution in [0.15, 0.2) is 55.1 Å². The van der Waals surface area contributed by atoms with Crippen LogP contribution in [0.3, 0.4) is 0 Å². The normalized spacial score (nSPS) is 24.7. The summed E-state index contributed by atoms with van der Waals surface area (Å²) in [5.74, 6) is 0.237. The van der Waals surface area contributed by atoms with E-state index in [1.165, 1.54) is 12.7 Å². The molecule has 0 aliphatic carbocycles. The highest BCUT2D eigenvalue weighted by atomic mass is 16.6. The molecule has 9 nitrogen and oxygen atoms in total. The van der Waals surface area contributed by atoms with Gasteiger partial charge in [-0.15, -0.1) is 0 Å². The van der Waals surface area contributed by atoms with Crippen LogP contribution in [0.5, 0.6) is 0 Å². The van der Waals surface area contributed by atoms with Crippen molar-refractivity contribution in [2.45, 2.75) is 37.6 Å². The average molecular weight is 421 g/mol. The van der Waals surface area contributed by atoms with Gasteiger partial charge in [-0.05, 0) is 29.3 Å². The van der Waals surface area contributed by atoms with Gasteiger partial charge in [0.2, 0.25) is 0 Å². The first-order valence-electron chi connectivity index (χ1n) is 10.1. The molecule has 4 N–H and O–H groups in total. The van der Waals surface area contributed by atoms with E-state index >= 15 is 0 Å². The first-order valence-corrected chi connectivity index (χ1v) is 10.1. The number of aromatic nitrogens is 4. The van der Waals surface area contributed by atoms with Crippen LogP contribution in [-0.4, -0.2) is 54.7 Å². The van der Waals surface area contributed by atoms with Gasteiger partial charge >= 0.3 is 0 Å². The molecular formula is C22H23N5O4. The molecule has 1 aliphatic rings.